The lowest BCUT2D eigenvalue weighted by Crippen LogP contribution is -2.48. The normalized spacial score (nSPS) is 22.9. The van der Waals surface area contributed by atoms with Crippen LogP contribution in [0.3, 0.4) is 0 Å². The number of carbonyl (C=O) groups is 1. The molecule has 1 fully saturated rings. The average Bonchev–Trinajstić information content (AvgIpc) is 2.38. The number of morpholine rings is 1. The first-order valence-corrected chi connectivity index (χ1v) is 7.86. The van der Waals surface area contributed by atoms with Gasteiger partial charge in [0.15, 0.2) is 0 Å². The summed E-state index contributed by atoms with van der Waals surface area (Å²) in [6.07, 6.45) is 0.226. The number of hydrogen-bond donors (Lipinski definition) is 1. The first-order chi connectivity index (χ1) is 9.45. The number of thioether (sulfide) groups is 1. The number of amides is 1. The Bertz CT molecular complexity index is 483. The second kappa shape index (κ2) is 6.50. The molecule has 1 aromatic rings. The van der Waals surface area contributed by atoms with E-state index in [0.29, 0.717) is 18.8 Å². The van der Waals surface area contributed by atoms with E-state index in [1.807, 2.05) is 43.9 Å². The van der Waals surface area contributed by atoms with E-state index < -0.39 is 0 Å². The number of nitrogens with two attached hydrogens (primary N) is 1. The molecule has 1 aliphatic heterocycles. The van der Waals surface area contributed by atoms with Crippen LogP contribution >= 0.6 is 11.8 Å². The van der Waals surface area contributed by atoms with Crippen LogP contribution in [0.15, 0.2) is 23.1 Å². The maximum absolute atomic E-state index is 12.3. The van der Waals surface area contributed by atoms with E-state index >= 15 is 0 Å². The second-order valence-corrected chi connectivity index (χ2v) is 6.39. The van der Waals surface area contributed by atoms with E-state index in [9.17, 15) is 4.79 Å². The minimum absolute atomic E-state index is 0.113. The van der Waals surface area contributed by atoms with Crippen molar-refractivity contribution in [2.24, 2.45) is 0 Å². The molecule has 2 rings (SSSR count). The summed E-state index contributed by atoms with van der Waals surface area (Å²) < 4.78 is 5.65. The van der Waals surface area contributed by atoms with Gasteiger partial charge in [0, 0.05) is 23.7 Å². The Morgan fingerprint density at radius 2 is 2.05 bits per heavy atom. The molecular formula is C15H22N2O2S. The summed E-state index contributed by atoms with van der Waals surface area (Å²) in [5.74, 6) is 0.614. The van der Waals surface area contributed by atoms with Crippen LogP contribution in [0.25, 0.3) is 0 Å². The largest absolute Gasteiger partial charge is 0.399 e. The van der Waals surface area contributed by atoms with Crippen LogP contribution in [-0.2, 0) is 9.53 Å². The lowest BCUT2D eigenvalue weighted by molar-refractivity contribution is -0.140. The van der Waals surface area contributed by atoms with Gasteiger partial charge in [0.05, 0.1) is 18.0 Å². The number of nitrogens with zero attached hydrogens (tertiary/aromatic N) is 1. The predicted octanol–water partition coefficient (Wildman–Crippen LogP) is 2.31. The molecule has 1 amide bonds. The fraction of sp³-hybridized carbons (Fsp3) is 0.533. The topological polar surface area (TPSA) is 55.6 Å². The first kappa shape index (κ1) is 15.2. The summed E-state index contributed by atoms with van der Waals surface area (Å²) in [5.41, 5.74) is 7.68. The van der Waals surface area contributed by atoms with Crippen molar-refractivity contribution in [2.45, 2.75) is 37.9 Å². The van der Waals surface area contributed by atoms with Crippen molar-refractivity contribution in [3.8, 4) is 0 Å². The summed E-state index contributed by atoms with van der Waals surface area (Å²) in [4.78, 5) is 15.2. The zero-order chi connectivity index (χ0) is 14.7. The molecule has 0 radical (unpaired) electrons. The van der Waals surface area contributed by atoms with Crippen molar-refractivity contribution in [1.82, 2.24) is 4.90 Å². The quantitative estimate of drug-likeness (QED) is 0.686. The molecule has 0 aromatic heterocycles. The van der Waals surface area contributed by atoms with E-state index in [1.165, 1.54) is 0 Å². The van der Waals surface area contributed by atoms with Gasteiger partial charge in [-0.25, -0.2) is 0 Å². The molecule has 0 bridgehead atoms. The van der Waals surface area contributed by atoms with Gasteiger partial charge in [-0.05, 0) is 38.5 Å². The highest BCUT2D eigenvalue weighted by molar-refractivity contribution is 8.00. The molecule has 1 heterocycles. The van der Waals surface area contributed by atoms with Crippen molar-refractivity contribution in [2.75, 3.05) is 24.6 Å². The Morgan fingerprint density at radius 1 is 1.40 bits per heavy atom. The standard InChI is InChI=1S/C15H22N2O2S/c1-10-4-5-13(16)6-14(10)20-9-15(18)17-7-11(2)19-12(3)8-17/h4-6,11-12H,7-9,16H2,1-3H3. The van der Waals surface area contributed by atoms with Crippen molar-refractivity contribution in [1.29, 1.82) is 0 Å². The van der Waals surface area contributed by atoms with Gasteiger partial charge >= 0.3 is 0 Å². The van der Waals surface area contributed by atoms with Crippen LogP contribution in [0.1, 0.15) is 19.4 Å². The summed E-state index contributed by atoms with van der Waals surface area (Å²) in [6.45, 7) is 7.40. The van der Waals surface area contributed by atoms with Gasteiger partial charge in [-0.2, -0.15) is 0 Å². The minimum Gasteiger partial charge on any atom is -0.399 e. The molecule has 110 valence electrons. The molecule has 5 heteroatoms. The van der Waals surface area contributed by atoms with Crippen LogP contribution in [-0.4, -0.2) is 41.9 Å². The Hall–Kier alpha value is -1.20. The zero-order valence-corrected chi connectivity index (χ0v) is 13.1. The highest BCUT2D eigenvalue weighted by Gasteiger charge is 2.25. The lowest BCUT2D eigenvalue weighted by Gasteiger charge is -2.35. The molecule has 4 nitrogen and oxygen atoms in total. The van der Waals surface area contributed by atoms with E-state index in [2.05, 4.69) is 0 Å². The van der Waals surface area contributed by atoms with Gasteiger partial charge in [0.1, 0.15) is 0 Å². The third-order valence-electron chi connectivity index (χ3n) is 3.34. The Kier molecular flexibility index (Phi) is 4.94. The molecule has 2 atom stereocenters. The molecule has 1 aromatic carbocycles. The molecular weight excluding hydrogens is 272 g/mol. The highest BCUT2D eigenvalue weighted by Crippen LogP contribution is 2.25. The SMILES string of the molecule is Cc1ccc(N)cc1SCC(=O)N1CC(C)OC(C)C1. The number of carbonyl (C=O) groups excluding carboxylic acids is 1. The summed E-state index contributed by atoms with van der Waals surface area (Å²) in [6, 6.07) is 5.80. The van der Waals surface area contributed by atoms with Crippen LogP contribution in [0.5, 0.6) is 0 Å². The van der Waals surface area contributed by atoms with Crippen LogP contribution in [0.4, 0.5) is 5.69 Å². The summed E-state index contributed by atoms with van der Waals surface area (Å²) >= 11 is 1.55. The maximum Gasteiger partial charge on any atom is 0.233 e. The second-order valence-electron chi connectivity index (χ2n) is 5.37. The molecule has 0 saturated carbocycles. The minimum atomic E-state index is 0.113. The smallest absolute Gasteiger partial charge is 0.233 e. The van der Waals surface area contributed by atoms with E-state index in [1.54, 1.807) is 11.8 Å². The first-order valence-electron chi connectivity index (χ1n) is 6.88. The Labute approximate surface area is 124 Å². The van der Waals surface area contributed by atoms with Gasteiger partial charge in [-0.3, -0.25) is 4.79 Å². The third-order valence-corrected chi connectivity index (χ3v) is 4.48. The number of ether oxygens (including phenoxy) is 1. The third kappa shape index (κ3) is 3.90. The molecule has 20 heavy (non-hydrogen) atoms. The number of anilines is 1. The number of hydrogen-bond acceptors (Lipinski definition) is 4. The number of nitrogen functional groups attached to an aromatic ring is 1. The van der Waals surface area contributed by atoms with Crippen molar-refractivity contribution in [3.05, 3.63) is 23.8 Å². The monoisotopic (exact) mass is 294 g/mol. The van der Waals surface area contributed by atoms with Crippen molar-refractivity contribution in [3.63, 3.8) is 0 Å². The van der Waals surface area contributed by atoms with Gasteiger partial charge in [-0.1, -0.05) is 6.07 Å². The van der Waals surface area contributed by atoms with E-state index in [4.69, 9.17) is 10.5 Å². The van der Waals surface area contributed by atoms with Gasteiger partial charge in [-0.15, -0.1) is 11.8 Å². The predicted molar refractivity (Wildman–Crippen MR) is 82.9 cm³/mol. The number of rotatable bonds is 3. The molecule has 2 N–H and O–H groups in total. The van der Waals surface area contributed by atoms with E-state index in [0.717, 1.165) is 16.1 Å². The van der Waals surface area contributed by atoms with Crippen LogP contribution in [0, 0.1) is 6.92 Å². The van der Waals surface area contributed by atoms with Crippen molar-refractivity contribution >= 4 is 23.4 Å². The van der Waals surface area contributed by atoms with Crippen molar-refractivity contribution < 1.29 is 9.53 Å². The Morgan fingerprint density at radius 3 is 2.70 bits per heavy atom. The molecule has 2 unspecified atom stereocenters. The molecule has 1 aliphatic rings. The maximum atomic E-state index is 12.3. The summed E-state index contributed by atoms with van der Waals surface area (Å²) in [7, 11) is 0. The van der Waals surface area contributed by atoms with Gasteiger partial charge in [0.2, 0.25) is 5.91 Å². The fourth-order valence-electron chi connectivity index (χ4n) is 2.38. The zero-order valence-electron chi connectivity index (χ0n) is 12.3. The number of aryl methyl sites for hydroxylation is 1. The summed E-state index contributed by atoms with van der Waals surface area (Å²) in [5, 5.41) is 0. The molecule has 0 aliphatic carbocycles. The fourth-order valence-corrected chi connectivity index (χ4v) is 3.36. The van der Waals surface area contributed by atoms with Crippen LogP contribution < -0.4 is 5.73 Å². The molecule has 1 saturated heterocycles. The average molecular weight is 294 g/mol. The molecule has 0 spiro atoms. The van der Waals surface area contributed by atoms with Gasteiger partial charge < -0.3 is 15.4 Å². The number of benzene rings is 1. The highest BCUT2D eigenvalue weighted by atomic mass is 32.2. The Balaban J connectivity index is 1.93. The van der Waals surface area contributed by atoms with E-state index in [-0.39, 0.29) is 18.1 Å². The lowest BCUT2D eigenvalue weighted by atomic mass is 10.2. The van der Waals surface area contributed by atoms with Gasteiger partial charge in [0.25, 0.3) is 0 Å². The van der Waals surface area contributed by atoms with Crippen LogP contribution in [0.2, 0.25) is 0 Å².